The molecule has 0 aromatic rings. The van der Waals surface area contributed by atoms with Gasteiger partial charge in [-0.2, -0.15) is 0 Å². The van der Waals surface area contributed by atoms with Crippen molar-refractivity contribution in [2.75, 3.05) is 32.7 Å². The van der Waals surface area contributed by atoms with Crippen molar-refractivity contribution >= 4 is 6.09 Å². The van der Waals surface area contributed by atoms with Gasteiger partial charge < -0.3 is 14.5 Å². The van der Waals surface area contributed by atoms with Gasteiger partial charge in [-0.1, -0.05) is 6.42 Å². The lowest BCUT2D eigenvalue weighted by Gasteiger charge is -2.36. The van der Waals surface area contributed by atoms with Crippen LogP contribution in [-0.2, 0) is 4.74 Å². The third-order valence-electron chi connectivity index (χ3n) is 4.23. The van der Waals surface area contributed by atoms with Crippen LogP contribution >= 0.6 is 0 Å². The number of hydrogen-bond acceptors (Lipinski definition) is 3. The summed E-state index contributed by atoms with van der Waals surface area (Å²) in [5.41, 5.74) is -0.387. The van der Waals surface area contributed by atoms with Gasteiger partial charge in [-0.05, 0) is 65.5 Å². The van der Waals surface area contributed by atoms with Crippen molar-refractivity contribution in [1.29, 1.82) is 0 Å². The molecule has 2 aliphatic heterocycles. The van der Waals surface area contributed by atoms with Gasteiger partial charge in [0, 0.05) is 19.6 Å². The largest absolute Gasteiger partial charge is 0.444 e. The topological polar surface area (TPSA) is 32.8 Å². The molecule has 4 heteroatoms. The Hall–Kier alpha value is -0.770. The van der Waals surface area contributed by atoms with E-state index in [1.54, 1.807) is 0 Å². The van der Waals surface area contributed by atoms with Crippen LogP contribution in [0.3, 0.4) is 0 Å². The fourth-order valence-electron chi connectivity index (χ4n) is 3.13. The van der Waals surface area contributed by atoms with Crippen molar-refractivity contribution in [3.05, 3.63) is 0 Å². The fraction of sp³-hybridized carbons (Fsp3) is 0.938. The predicted octanol–water partition coefficient (Wildman–Crippen LogP) is 3.12. The minimum Gasteiger partial charge on any atom is -0.444 e. The second-order valence-corrected chi connectivity index (χ2v) is 7.27. The average molecular weight is 282 g/mol. The number of hydrogen-bond donors (Lipinski definition) is 0. The Morgan fingerprint density at radius 1 is 1.05 bits per heavy atom. The summed E-state index contributed by atoms with van der Waals surface area (Å²) < 4.78 is 5.44. The van der Waals surface area contributed by atoms with Crippen LogP contribution in [0, 0.1) is 5.92 Å². The molecule has 0 spiro atoms. The number of likely N-dealkylation sites (tertiary alicyclic amines) is 2. The summed E-state index contributed by atoms with van der Waals surface area (Å²) in [4.78, 5) is 16.5. The van der Waals surface area contributed by atoms with E-state index >= 15 is 0 Å². The molecule has 0 unspecified atom stereocenters. The summed E-state index contributed by atoms with van der Waals surface area (Å²) in [5.74, 6) is 0.756. The van der Waals surface area contributed by atoms with Crippen molar-refractivity contribution in [3.8, 4) is 0 Å². The van der Waals surface area contributed by atoms with E-state index in [1.807, 2.05) is 25.7 Å². The van der Waals surface area contributed by atoms with E-state index in [9.17, 15) is 4.79 Å². The highest BCUT2D eigenvalue weighted by Crippen LogP contribution is 2.22. The third-order valence-corrected chi connectivity index (χ3v) is 4.23. The van der Waals surface area contributed by atoms with E-state index in [2.05, 4.69) is 4.90 Å². The number of carbonyl (C=O) groups excluding carboxylic acids is 1. The molecular weight excluding hydrogens is 252 g/mol. The van der Waals surface area contributed by atoms with Crippen molar-refractivity contribution < 1.29 is 9.53 Å². The first-order chi connectivity index (χ1) is 9.44. The minimum absolute atomic E-state index is 0.145. The summed E-state index contributed by atoms with van der Waals surface area (Å²) in [6.45, 7) is 11.2. The van der Waals surface area contributed by atoms with Gasteiger partial charge in [0.15, 0.2) is 0 Å². The van der Waals surface area contributed by atoms with Crippen LogP contribution < -0.4 is 0 Å². The predicted molar refractivity (Wildman–Crippen MR) is 80.8 cm³/mol. The molecule has 2 fully saturated rings. The summed E-state index contributed by atoms with van der Waals surface area (Å²) in [6, 6.07) is 0. The van der Waals surface area contributed by atoms with Crippen LogP contribution in [-0.4, -0.2) is 54.2 Å². The summed E-state index contributed by atoms with van der Waals surface area (Å²) >= 11 is 0. The molecule has 2 rings (SSSR count). The first kappa shape index (κ1) is 15.6. The first-order valence-electron chi connectivity index (χ1n) is 8.14. The molecule has 0 aromatic heterocycles. The van der Waals surface area contributed by atoms with Crippen molar-refractivity contribution in [2.45, 2.75) is 58.5 Å². The van der Waals surface area contributed by atoms with Crippen molar-refractivity contribution in [2.24, 2.45) is 5.92 Å². The molecule has 0 aliphatic carbocycles. The Balaban J connectivity index is 1.70. The van der Waals surface area contributed by atoms with Crippen LogP contribution in [0.5, 0.6) is 0 Å². The zero-order valence-corrected chi connectivity index (χ0v) is 13.4. The van der Waals surface area contributed by atoms with Crippen molar-refractivity contribution in [1.82, 2.24) is 9.80 Å². The summed E-state index contributed by atoms with van der Waals surface area (Å²) in [5, 5.41) is 0. The van der Waals surface area contributed by atoms with Crippen LogP contribution in [0.25, 0.3) is 0 Å². The quantitative estimate of drug-likeness (QED) is 0.780. The maximum Gasteiger partial charge on any atom is 0.410 e. The molecule has 0 bridgehead atoms. The normalized spacial score (nSPS) is 22.9. The van der Waals surface area contributed by atoms with Gasteiger partial charge in [0.05, 0.1) is 0 Å². The molecule has 116 valence electrons. The molecule has 1 amide bonds. The number of rotatable bonds is 2. The monoisotopic (exact) mass is 282 g/mol. The Morgan fingerprint density at radius 3 is 2.20 bits per heavy atom. The van der Waals surface area contributed by atoms with Gasteiger partial charge >= 0.3 is 6.09 Å². The van der Waals surface area contributed by atoms with Crippen LogP contribution in [0.4, 0.5) is 4.79 Å². The van der Waals surface area contributed by atoms with Gasteiger partial charge in [-0.25, -0.2) is 4.79 Å². The van der Waals surface area contributed by atoms with Crippen LogP contribution in [0.1, 0.15) is 52.9 Å². The lowest BCUT2D eigenvalue weighted by molar-refractivity contribution is 0.0167. The Labute approximate surface area is 123 Å². The molecular formula is C16H30N2O2. The highest BCUT2D eigenvalue weighted by atomic mass is 16.6. The number of ether oxygens (including phenoxy) is 1. The lowest BCUT2D eigenvalue weighted by Crippen LogP contribution is -2.44. The maximum absolute atomic E-state index is 12.0. The smallest absolute Gasteiger partial charge is 0.410 e. The zero-order chi connectivity index (χ0) is 14.6. The molecule has 0 aromatic carbocycles. The SMILES string of the molecule is CC(C)(C)OC(=O)N1CCC(CN2CCCCC2)CC1. The molecule has 2 saturated heterocycles. The molecule has 4 nitrogen and oxygen atoms in total. The minimum atomic E-state index is -0.387. The van der Waals surface area contributed by atoms with Gasteiger partial charge in [0.2, 0.25) is 0 Å². The van der Waals surface area contributed by atoms with Gasteiger partial charge in [-0.15, -0.1) is 0 Å². The summed E-state index contributed by atoms with van der Waals surface area (Å²) in [7, 11) is 0. The third kappa shape index (κ3) is 4.97. The summed E-state index contributed by atoms with van der Waals surface area (Å²) in [6.07, 6.45) is 6.21. The van der Waals surface area contributed by atoms with E-state index < -0.39 is 0 Å². The van der Waals surface area contributed by atoms with E-state index in [1.165, 1.54) is 38.9 Å². The van der Waals surface area contributed by atoms with E-state index in [4.69, 9.17) is 4.74 Å². The van der Waals surface area contributed by atoms with Crippen LogP contribution in [0.15, 0.2) is 0 Å². The number of piperidine rings is 2. The molecule has 0 N–H and O–H groups in total. The Kier molecular flexibility index (Phi) is 5.30. The average Bonchev–Trinajstić information content (AvgIpc) is 2.39. The molecule has 0 saturated carbocycles. The number of amides is 1. The molecule has 2 aliphatic rings. The molecule has 0 radical (unpaired) electrons. The second kappa shape index (κ2) is 6.79. The fourth-order valence-corrected chi connectivity index (χ4v) is 3.13. The Morgan fingerprint density at radius 2 is 1.65 bits per heavy atom. The first-order valence-corrected chi connectivity index (χ1v) is 8.14. The number of nitrogens with zero attached hydrogens (tertiary/aromatic N) is 2. The highest BCUT2D eigenvalue weighted by Gasteiger charge is 2.27. The van der Waals surface area contributed by atoms with E-state index in [0.717, 1.165) is 31.8 Å². The second-order valence-electron chi connectivity index (χ2n) is 7.27. The van der Waals surface area contributed by atoms with Gasteiger partial charge in [0.1, 0.15) is 5.60 Å². The van der Waals surface area contributed by atoms with Gasteiger partial charge in [0.25, 0.3) is 0 Å². The lowest BCUT2D eigenvalue weighted by atomic mass is 9.95. The number of carbonyl (C=O) groups is 1. The zero-order valence-electron chi connectivity index (χ0n) is 13.4. The molecule has 2 heterocycles. The van der Waals surface area contributed by atoms with Crippen LogP contribution in [0.2, 0.25) is 0 Å². The highest BCUT2D eigenvalue weighted by molar-refractivity contribution is 5.68. The van der Waals surface area contributed by atoms with E-state index in [-0.39, 0.29) is 11.7 Å². The Bertz CT molecular complexity index is 311. The maximum atomic E-state index is 12.0. The van der Waals surface area contributed by atoms with Gasteiger partial charge in [-0.3, -0.25) is 0 Å². The standard InChI is InChI=1S/C16H30N2O2/c1-16(2,3)20-15(19)18-11-7-14(8-12-18)13-17-9-5-4-6-10-17/h14H,4-13H2,1-3H3. The molecule has 20 heavy (non-hydrogen) atoms. The van der Waals surface area contributed by atoms with E-state index in [0.29, 0.717) is 0 Å². The molecule has 0 atom stereocenters. The van der Waals surface area contributed by atoms with Crippen molar-refractivity contribution in [3.63, 3.8) is 0 Å².